The van der Waals surface area contributed by atoms with Gasteiger partial charge in [-0.05, 0) is 13.1 Å². The molecule has 1 heterocycles. The van der Waals surface area contributed by atoms with Crippen LogP contribution in [0.15, 0.2) is 24.3 Å². The van der Waals surface area contributed by atoms with E-state index in [-0.39, 0.29) is 11.9 Å². The summed E-state index contributed by atoms with van der Waals surface area (Å²) in [6.45, 7) is 1.84. The van der Waals surface area contributed by atoms with E-state index in [1.54, 1.807) is 12.1 Å². The average molecular weight is 305 g/mol. The third-order valence-electron chi connectivity index (χ3n) is 3.33. The molecule has 1 aromatic rings. The van der Waals surface area contributed by atoms with E-state index >= 15 is 0 Å². The zero-order chi connectivity index (χ0) is 15.5. The number of nitrogens with two attached hydrogens (primary N) is 1. The number of benzene rings is 1. The number of alkyl halides is 3. The fraction of sp³-hybridized carbons (Fsp3) is 0.538. The van der Waals surface area contributed by atoms with Crippen LogP contribution in [-0.4, -0.2) is 44.1 Å². The second kappa shape index (κ2) is 6.61. The topological polar surface area (TPSA) is 59.8 Å². The summed E-state index contributed by atoms with van der Waals surface area (Å²) in [5.41, 5.74) is 2.85. The van der Waals surface area contributed by atoms with E-state index in [1.165, 1.54) is 12.1 Å². The van der Waals surface area contributed by atoms with E-state index in [4.69, 9.17) is 10.6 Å². The summed E-state index contributed by atoms with van der Waals surface area (Å²) < 4.78 is 47.1. The molecule has 5 nitrogen and oxygen atoms in total. The predicted octanol–water partition coefficient (Wildman–Crippen LogP) is 1.42. The van der Waals surface area contributed by atoms with Crippen molar-refractivity contribution in [1.29, 1.82) is 0 Å². The highest BCUT2D eigenvalue weighted by molar-refractivity contribution is 5.37. The van der Waals surface area contributed by atoms with Gasteiger partial charge in [-0.1, -0.05) is 18.2 Å². The number of likely N-dealkylation sites (N-methyl/N-ethyl adjacent to an activating group) is 1. The maximum atomic E-state index is 12.5. The predicted molar refractivity (Wildman–Crippen MR) is 70.4 cm³/mol. The van der Waals surface area contributed by atoms with Gasteiger partial charge in [0, 0.05) is 18.7 Å². The summed E-state index contributed by atoms with van der Waals surface area (Å²) in [4.78, 5) is 2.03. The molecule has 2 rings (SSSR count). The first-order valence-electron chi connectivity index (χ1n) is 6.51. The van der Waals surface area contributed by atoms with Gasteiger partial charge in [-0.3, -0.25) is 11.3 Å². The van der Waals surface area contributed by atoms with Crippen LogP contribution in [0.25, 0.3) is 0 Å². The van der Waals surface area contributed by atoms with Crippen LogP contribution >= 0.6 is 0 Å². The van der Waals surface area contributed by atoms with Crippen LogP contribution in [0.3, 0.4) is 0 Å². The van der Waals surface area contributed by atoms with Crippen LogP contribution in [0, 0.1) is 0 Å². The minimum absolute atomic E-state index is 0.273. The van der Waals surface area contributed by atoms with Crippen molar-refractivity contribution in [3.63, 3.8) is 0 Å². The van der Waals surface area contributed by atoms with Crippen molar-refractivity contribution < 1.29 is 22.6 Å². The lowest BCUT2D eigenvalue weighted by Crippen LogP contribution is -2.48. The first kappa shape index (κ1) is 16.0. The average Bonchev–Trinajstić information content (AvgIpc) is 2.40. The Kier molecular flexibility index (Phi) is 5.04. The van der Waals surface area contributed by atoms with E-state index in [0.29, 0.717) is 18.7 Å². The highest BCUT2D eigenvalue weighted by atomic mass is 19.4. The van der Waals surface area contributed by atoms with E-state index in [0.717, 1.165) is 6.54 Å². The van der Waals surface area contributed by atoms with Crippen LogP contribution < -0.4 is 16.0 Å². The molecule has 1 aliphatic rings. The van der Waals surface area contributed by atoms with Crippen molar-refractivity contribution in [1.82, 2.24) is 10.3 Å². The Morgan fingerprint density at radius 1 is 1.43 bits per heavy atom. The SMILES string of the molecule is CN1CCOC(C(NN)c2ccccc2OC(F)(F)F)C1. The minimum Gasteiger partial charge on any atom is -0.405 e. The van der Waals surface area contributed by atoms with Crippen LogP contribution in [0.1, 0.15) is 11.6 Å². The molecular weight excluding hydrogens is 287 g/mol. The second-order valence-electron chi connectivity index (χ2n) is 4.90. The fourth-order valence-electron chi connectivity index (χ4n) is 2.37. The molecule has 0 bridgehead atoms. The fourth-order valence-corrected chi connectivity index (χ4v) is 2.37. The maximum absolute atomic E-state index is 12.5. The van der Waals surface area contributed by atoms with Crippen molar-refractivity contribution in [2.45, 2.75) is 18.5 Å². The third kappa shape index (κ3) is 4.31. The van der Waals surface area contributed by atoms with Gasteiger partial charge in [0.15, 0.2) is 0 Å². The van der Waals surface area contributed by atoms with E-state index in [2.05, 4.69) is 10.2 Å². The first-order valence-corrected chi connectivity index (χ1v) is 6.51. The van der Waals surface area contributed by atoms with Gasteiger partial charge in [-0.25, -0.2) is 0 Å². The number of morpholine rings is 1. The molecule has 3 N–H and O–H groups in total. The molecule has 2 atom stereocenters. The van der Waals surface area contributed by atoms with E-state index in [1.807, 2.05) is 11.9 Å². The molecule has 8 heteroatoms. The lowest BCUT2D eigenvalue weighted by atomic mass is 9.99. The standard InChI is InChI=1S/C13H18F3N3O2/c1-19-6-7-20-11(8-19)12(18-17)9-4-2-3-5-10(9)21-13(14,15)16/h2-5,11-12,18H,6-8,17H2,1H3. The number of nitrogens with zero attached hydrogens (tertiary/aromatic N) is 1. The third-order valence-corrected chi connectivity index (χ3v) is 3.33. The molecular formula is C13H18F3N3O2. The molecule has 1 aliphatic heterocycles. The second-order valence-corrected chi connectivity index (χ2v) is 4.90. The number of hydrogen-bond donors (Lipinski definition) is 2. The molecule has 0 aliphatic carbocycles. The quantitative estimate of drug-likeness (QED) is 0.651. The van der Waals surface area contributed by atoms with Gasteiger partial charge in [-0.2, -0.15) is 0 Å². The Hall–Kier alpha value is -1.35. The molecule has 0 spiro atoms. The van der Waals surface area contributed by atoms with Crippen molar-refractivity contribution >= 4 is 0 Å². The van der Waals surface area contributed by atoms with E-state index < -0.39 is 12.4 Å². The highest BCUT2D eigenvalue weighted by Gasteiger charge is 2.35. The Bertz CT molecular complexity index is 470. The van der Waals surface area contributed by atoms with Gasteiger partial charge >= 0.3 is 6.36 Å². The smallest absolute Gasteiger partial charge is 0.405 e. The molecule has 0 saturated carbocycles. The zero-order valence-corrected chi connectivity index (χ0v) is 11.6. The van der Waals surface area contributed by atoms with Gasteiger partial charge in [0.2, 0.25) is 0 Å². The Balaban J connectivity index is 2.25. The zero-order valence-electron chi connectivity index (χ0n) is 11.6. The number of hydrazine groups is 1. The van der Waals surface area contributed by atoms with Gasteiger partial charge in [0.25, 0.3) is 0 Å². The lowest BCUT2D eigenvalue weighted by molar-refractivity contribution is -0.275. The normalized spacial score (nSPS) is 22.0. The Labute approximate surface area is 120 Å². The van der Waals surface area contributed by atoms with Crippen molar-refractivity contribution in [3.05, 3.63) is 29.8 Å². The monoisotopic (exact) mass is 305 g/mol. The molecule has 0 aromatic heterocycles. The molecule has 21 heavy (non-hydrogen) atoms. The number of nitrogens with one attached hydrogen (secondary N) is 1. The first-order chi connectivity index (χ1) is 9.90. The molecule has 1 fully saturated rings. The number of hydrogen-bond acceptors (Lipinski definition) is 5. The lowest BCUT2D eigenvalue weighted by Gasteiger charge is -2.35. The van der Waals surface area contributed by atoms with Gasteiger partial charge in [-0.15, -0.1) is 13.2 Å². The molecule has 0 amide bonds. The van der Waals surface area contributed by atoms with Gasteiger partial charge < -0.3 is 14.4 Å². The Morgan fingerprint density at radius 2 is 2.14 bits per heavy atom. The van der Waals surface area contributed by atoms with Crippen LogP contribution in [-0.2, 0) is 4.74 Å². The van der Waals surface area contributed by atoms with Crippen LogP contribution in [0.4, 0.5) is 13.2 Å². The van der Waals surface area contributed by atoms with Crippen LogP contribution in [0.2, 0.25) is 0 Å². The number of rotatable bonds is 4. The Morgan fingerprint density at radius 3 is 2.76 bits per heavy atom. The maximum Gasteiger partial charge on any atom is 0.573 e. The molecule has 2 unspecified atom stereocenters. The highest BCUT2D eigenvalue weighted by Crippen LogP contribution is 2.32. The molecule has 0 radical (unpaired) electrons. The van der Waals surface area contributed by atoms with E-state index in [9.17, 15) is 13.2 Å². The summed E-state index contributed by atoms with van der Waals surface area (Å²) in [5, 5.41) is 0. The summed E-state index contributed by atoms with van der Waals surface area (Å²) in [7, 11) is 1.92. The van der Waals surface area contributed by atoms with Crippen molar-refractivity contribution in [2.75, 3.05) is 26.7 Å². The minimum atomic E-state index is -4.75. The number of ether oxygens (including phenoxy) is 2. The number of para-hydroxylation sites is 1. The van der Waals surface area contributed by atoms with Gasteiger partial charge in [0.1, 0.15) is 5.75 Å². The summed E-state index contributed by atoms with van der Waals surface area (Å²) in [6.07, 6.45) is -5.11. The molecule has 1 aromatic carbocycles. The van der Waals surface area contributed by atoms with Crippen molar-refractivity contribution in [2.24, 2.45) is 5.84 Å². The largest absolute Gasteiger partial charge is 0.573 e. The molecule has 1 saturated heterocycles. The molecule has 118 valence electrons. The summed E-state index contributed by atoms with van der Waals surface area (Å²) in [6, 6.07) is 5.33. The number of halogens is 3. The summed E-state index contributed by atoms with van der Waals surface area (Å²) in [5.74, 6) is 5.26. The van der Waals surface area contributed by atoms with Crippen molar-refractivity contribution in [3.8, 4) is 5.75 Å². The van der Waals surface area contributed by atoms with Crippen LogP contribution in [0.5, 0.6) is 5.75 Å². The van der Waals surface area contributed by atoms with Gasteiger partial charge in [0.05, 0.1) is 18.8 Å². The summed E-state index contributed by atoms with van der Waals surface area (Å²) >= 11 is 0.